The fraction of sp³-hybridized carbons (Fsp3) is 0.480. The van der Waals surface area contributed by atoms with Crippen molar-refractivity contribution >= 4 is 44.2 Å². The zero-order chi connectivity index (χ0) is 26.7. The Kier molecular flexibility index (Phi) is 8.32. The largest absolute Gasteiger partial charge is 0.351 e. The molecule has 0 bridgehead atoms. The minimum Gasteiger partial charge on any atom is -0.351 e. The van der Waals surface area contributed by atoms with Gasteiger partial charge in [0.2, 0.25) is 10.0 Å². The number of fused-ring (bicyclic) bond motifs is 1. The van der Waals surface area contributed by atoms with Crippen LogP contribution in [0.2, 0.25) is 0 Å². The van der Waals surface area contributed by atoms with Crippen molar-refractivity contribution in [3.8, 4) is 0 Å². The second kappa shape index (κ2) is 11.3. The fourth-order valence-corrected chi connectivity index (χ4v) is 7.81. The van der Waals surface area contributed by atoms with E-state index < -0.39 is 27.9 Å². The Morgan fingerprint density at radius 3 is 2.51 bits per heavy atom. The normalized spacial score (nSPS) is 18.7. The molecule has 1 aromatic heterocycles. The van der Waals surface area contributed by atoms with Crippen LogP contribution in [0.4, 0.5) is 9.80 Å². The molecule has 3 heterocycles. The van der Waals surface area contributed by atoms with Crippen molar-refractivity contribution in [3.05, 3.63) is 45.8 Å². The number of hydrogen-bond donors (Lipinski definition) is 3. The molecule has 2 aliphatic rings. The van der Waals surface area contributed by atoms with Crippen molar-refractivity contribution in [3.63, 3.8) is 0 Å². The maximum Gasteiger partial charge on any atom is 0.319 e. The van der Waals surface area contributed by atoms with Crippen LogP contribution in [0, 0.1) is 5.92 Å². The Morgan fingerprint density at radius 2 is 1.86 bits per heavy atom. The standard InChI is InChI=1S/C25H33N5O5S2/c1-3-11-29-13-10-19-20(15-29)36-24(21(19)23(32)28-25(26)33)27-22(31)17-6-8-18(9-7-17)37(34,35)30-12-4-5-16(2)14-30/h6-9,16H,3-5,10-15H2,1-2H3,(H,27,31)(H3,26,28,32,33). The average Bonchev–Trinajstić information content (AvgIpc) is 3.21. The lowest BCUT2D eigenvalue weighted by molar-refractivity contribution is 0.0965. The number of rotatable bonds is 7. The molecule has 12 heteroatoms. The number of amides is 4. The fourth-order valence-electron chi connectivity index (χ4n) is 4.93. The molecule has 1 unspecified atom stereocenters. The van der Waals surface area contributed by atoms with E-state index in [1.54, 1.807) is 0 Å². The van der Waals surface area contributed by atoms with E-state index in [1.807, 2.05) is 6.92 Å². The number of sulfonamides is 1. The van der Waals surface area contributed by atoms with Crippen LogP contribution < -0.4 is 16.4 Å². The van der Waals surface area contributed by atoms with Gasteiger partial charge in [-0.3, -0.25) is 19.8 Å². The topological polar surface area (TPSA) is 142 Å². The molecule has 37 heavy (non-hydrogen) atoms. The van der Waals surface area contributed by atoms with Crippen LogP contribution in [0.5, 0.6) is 0 Å². The number of carbonyl (C=O) groups is 3. The van der Waals surface area contributed by atoms with Gasteiger partial charge in [0.25, 0.3) is 11.8 Å². The van der Waals surface area contributed by atoms with Gasteiger partial charge in [-0.15, -0.1) is 11.3 Å². The van der Waals surface area contributed by atoms with Gasteiger partial charge < -0.3 is 11.1 Å². The first kappa shape index (κ1) is 27.2. The number of piperidine rings is 1. The van der Waals surface area contributed by atoms with Crippen LogP contribution in [0.25, 0.3) is 0 Å². The van der Waals surface area contributed by atoms with E-state index >= 15 is 0 Å². The first-order chi connectivity index (χ1) is 17.6. The smallest absolute Gasteiger partial charge is 0.319 e. The summed E-state index contributed by atoms with van der Waals surface area (Å²) >= 11 is 1.31. The van der Waals surface area contributed by atoms with E-state index in [0.29, 0.717) is 37.0 Å². The third-order valence-electron chi connectivity index (χ3n) is 6.74. The molecule has 0 spiro atoms. The predicted octanol–water partition coefficient (Wildman–Crippen LogP) is 3.00. The number of urea groups is 1. The van der Waals surface area contributed by atoms with E-state index in [2.05, 4.69) is 22.5 Å². The van der Waals surface area contributed by atoms with E-state index in [4.69, 9.17) is 5.73 Å². The number of carbonyl (C=O) groups excluding carboxylic acids is 3. The third kappa shape index (κ3) is 6.03. The van der Waals surface area contributed by atoms with Crippen LogP contribution in [0.1, 0.15) is 64.3 Å². The first-order valence-corrected chi connectivity index (χ1v) is 14.7. The molecule has 2 aromatic rings. The molecule has 1 atom stereocenters. The molecule has 1 aromatic carbocycles. The number of primary amides is 1. The van der Waals surface area contributed by atoms with Gasteiger partial charge in [0, 0.05) is 36.6 Å². The summed E-state index contributed by atoms with van der Waals surface area (Å²) in [7, 11) is -3.64. The number of nitrogens with one attached hydrogen (secondary N) is 2. The summed E-state index contributed by atoms with van der Waals surface area (Å²) < 4.78 is 27.6. The summed E-state index contributed by atoms with van der Waals surface area (Å²) in [5.41, 5.74) is 6.49. The zero-order valence-corrected chi connectivity index (χ0v) is 22.7. The number of hydrogen-bond acceptors (Lipinski definition) is 7. The van der Waals surface area contributed by atoms with Gasteiger partial charge in [0.15, 0.2) is 0 Å². The Bertz CT molecular complexity index is 1290. The van der Waals surface area contributed by atoms with Gasteiger partial charge in [-0.25, -0.2) is 13.2 Å². The molecule has 4 N–H and O–H groups in total. The van der Waals surface area contributed by atoms with Gasteiger partial charge in [0.05, 0.1) is 10.5 Å². The molecule has 1 fully saturated rings. The number of anilines is 1. The summed E-state index contributed by atoms with van der Waals surface area (Å²) in [6.07, 6.45) is 3.45. The Balaban J connectivity index is 1.56. The van der Waals surface area contributed by atoms with Crippen molar-refractivity contribution in [2.45, 2.75) is 51.0 Å². The van der Waals surface area contributed by atoms with Gasteiger partial charge in [-0.05, 0) is 68.0 Å². The highest BCUT2D eigenvalue weighted by Gasteiger charge is 2.30. The zero-order valence-electron chi connectivity index (χ0n) is 21.1. The van der Waals surface area contributed by atoms with Gasteiger partial charge in [-0.1, -0.05) is 13.8 Å². The molecular formula is C25H33N5O5S2. The minimum absolute atomic E-state index is 0.141. The first-order valence-electron chi connectivity index (χ1n) is 12.5. The van der Waals surface area contributed by atoms with Crippen molar-refractivity contribution in [2.75, 3.05) is 31.5 Å². The number of benzene rings is 1. The van der Waals surface area contributed by atoms with E-state index in [9.17, 15) is 22.8 Å². The SMILES string of the molecule is CCCN1CCc2c(sc(NC(=O)c3ccc(S(=O)(=O)N4CCCC(C)C4)cc3)c2C(=O)NC(N)=O)C1. The Hall–Kier alpha value is -2.80. The number of nitrogens with two attached hydrogens (primary N) is 1. The maximum atomic E-state index is 13.1. The molecule has 2 aliphatic heterocycles. The quantitative estimate of drug-likeness (QED) is 0.487. The molecule has 4 rings (SSSR count). The Morgan fingerprint density at radius 1 is 1.14 bits per heavy atom. The van der Waals surface area contributed by atoms with Crippen molar-refractivity contribution < 1.29 is 22.8 Å². The molecule has 200 valence electrons. The lowest BCUT2D eigenvalue weighted by Gasteiger charge is -2.30. The highest BCUT2D eigenvalue weighted by atomic mass is 32.2. The summed E-state index contributed by atoms with van der Waals surface area (Å²) in [5.74, 6) is -0.825. The summed E-state index contributed by atoms with van der Waals surface area (Å²) in [4.78, 5) is 40.7. The predicted molar refractivity (Wildman–Crippen MR) is 142 cm³/mol. The average molecular weight is 548 g/mol. The highest BCUT2D eigenvalue weighted by Crippen LogP contribution is 2.37. The maximum absolute atomic E-state index is 13.1. The molecule has 10 nitrogen and oxygen atoms in total. The number of thiophene rings is 1. The minimum atomic E-state index is -3.64. The second-order valence-corrected chi connectivity index (χ2v) is 12.7. The second-order valence-electron chi connectivity index (χ2n) is 9.64. The number of imide groups is 1. The molecular weight excluding hydrogens is 514 g/mol. The summed E-state index contributed by atoms with van der Waals surface area (Å²) in [6, 6.07) is 4.84. The molecule has 4 amide bonds. The van der Waals surface area contributed by atoms with Crippen LogP contribution in [-0.4, -0.2) is 61.6 Å². The van der Waals surface area contributed by atoms with Crippen molar-refractivity contribution in [1.29, 1.82) is 0 Å². The summed E-state index contributed by atoms with van der Waals surface area (Å²) in [5, 5.41) is 5.25. The third-order valence-corrected chi connectivity index (χ3v) is 9.75. The van der Waals surface area contributed by atoms with Crippen LogP contribution in [0.3, 0.4) is 0 Å². The van der Waals surface area contributed by atoms with Crippen LogP contribution in [-0.2, 0) is 23.0 Å². The number of nitrogens with zero attached hydrogens (tertiary/aromatic N) is 2. The van der Waals surface area contributed by atoms with Gasteiger partial charge in [-0.2, -0.15) is 4.31 Å². The van der Waals surface area contributed by atoms with Crippen LogP contribution >= 0.6 is 11.3 Å². The molecule has 0 saturated carbocycles. The monoisotopic (exact) mass is 547 g/mol. The molecule has 0 radical (unpaired) electrons. The molecule has 0 aliphatic carbocycles. The van der Waals surface area contributed by atoms with Gasteiger partial charge in [0.1, 0.15) is 5.00 Å². The van der Waals surface area contributed by atoms with Gasteiger partial charge >= 0.3 is 6.03 Å². The molecule has 1 saturated heterocycles. The Labute approximate surface area is 221 Å². The van der Waals surface area contributed by atoms with Crippen LogP contribution in [0.15, 0.2) is 29.2 Å². The summed E-state index contributed by atoms with van der Waals surface area (Å²) in [6.45, 7) is 7.47. The van der Waals surface area contributed by atoms with Crippen molar-refractivity contribution in [1.82, 2.24) is 14.5 Å². The lowest BCUT2D eigenvalue weighted by Crippen LogP contribution is -2.39. The lowest BCUT2D eigenvalue weighted by atomic mass is 10.0. The van der Waals surface area contributed by atoms with E-state index in [1.165, 1.54) is 39.9 Å². The van der Waals surface area contributed by atoms with E-state index in [-0.39, 0.29) is 16.0 Å². The van der Waals surface area contributed by atoms with Crippen molar-refractivity contribution in [2.24, 2.45) is 11.7 Å². The van der Waals surface area contributed by atoms with E-state index in [0.717, 1.165) is 42.8 Å². The highest BCUT2D eigenvalue weighted by molar-refractivity contribution is 7.89.